The van der Waals surface area contributed by atoms with Gasteiger partial charge in [-0.3, -0.25) is 0 Å². The molecule has 0 radical (unpaired) electrons. The Balaban J connectivity index is 1.54. The number of nitrogens with zero attached hydrogens (tertiary/aromatic N) is 4. The number of aromatic amines is 1. The molecule has 8 nitrogen and oxygen atoms in total. The van der Waals surface area contributed by atoms with Crippen LogP contribution in [0, 0.1) is 5.82 Å². The number of likely N-dealkylation sites (tertiary alicyclic amines) is 1. The predicted molar refractivity (Wildman–Crippen MR) is 102 cm³/mol. The fourth-order valence-corrected chi connectivity index (χ4v) is 3.20. The summed E-state index contributed by atoms with van der Waals surface area (Å²) in [5, 5.41) is 6.04. The van der Waals surface area contributed by atoms with Crippen molar-refractivity contribution in [1.29, 1.82) is 0 Å². The monoisotopic (exact) mass is 371 g/mol. The third-order valence-corrected chi connectivity index (χ3v) is 4.62. The quantitative estimate of drug-likeness (QED) is 0.635. The van der Waals surface area contributed by atoms with Crippen LogP contribution in [-0.2, 0) is 0 Å². The van der Waals surface area contributed by atoms with E-state index in [1.165, 1.54) is 12.1 Å². The summed E-state index contributed by atoms with van der Waals surface area (Å²) in [6.07, 6.45) is 3.52. The van der Waals surface area contributed by atoms with E-state index < -0.39 is 0 Å². The molecule has 27 heavy (non-hydrogen) atoms. The van der Waals surface area contributed by atoms with E-state index in [-0.39, 0.29) is 11.9 Å². The number of halogens is 1. The zero-order valence-corrected chi connectivity index (χ0v) is 15.3. The van der Waals surface area contributed by atoms with Crippen molar-refractivity contribution in [3.05, 3.63) is 30.3 Å². The van der Waals surface area contributed by atoms with E-state index in [4.69, 9.17) is 4.74 Å². The van der Waals surface area contributed by atoms with Crippen molar-refractivity contribution in [1.82, 2.24) is 24.8 Å². The van der Waals surface area contributed by atoms with Gasteiger partial charge in [0.1, 0.15) is 23.2 Å². The molecule has 0 bridgehead atoms. The summed E-state index contributed by atoms with van der Waals surface area (Å²) in [7, 11) is 3.86. The Labute approximate surface area is 156 Å². The maximum Gasteiger partial charge on any atom is 0.231 e. The maximum atomic E-state index is 14.1. The molecule has 4 rings (SSSR count). The second-order valence-electron chi connectivity index (χ2n) is 6.67. The first-order chi connectivity index (χ1) is 13.1. The lowest BCUT2D eigenvalue weighted by Gasteiger charge is -2.29. The molecular formula is C18H22FN7O. The zero-order valence-electron chi connectivity index (χ0n) is 15.3. The fourth-order valence-electron chi connectivity index (χ4n) is 3.20. The molecule has 1 aliphatic heterocycles. The Bertz CT molecular complexity index is 937. The van der Waals surface area contributed by atoms with Crippen LogP contribution in [0.15, 0.2) is 24.5 Å². The molecule has 0 aliphatic carbocycles. The van der Waals surface area contributed by atoms with Gasteiger partial charge in [-0.1, -0.05) is 0 Å². The number of imidazole rings is 1. The summed E-state index contributed by atoms with van der Waals surface area (Å²) in [5.41, 5.74) is 1.76. The highest BCUT2D eigenvalue weighted by Crippen LogP contribution is 2.26. The highest BCUT2D eigenvalue weighted by Gasteiger charge is 2.18. The van der Waals surface area contributed by atoms with Crippen LogP contribution in [0.3, 0.4) is 0 Å². The molecule has 1 fully saturated rings. The molecule has 9 heteroatoms. The van der Waals surface area contributed by atoms with Gasteiger partial charge in [-0.15, -0.1) is 0 Å². The minimum absolute atomic E-state index is 0.100. The molecule has 1 aliphatic rings. The smallest absolute Gasteiger partial charge is 0.231 e. The van der Waals surface area contributed by atoms with Crippen LogP contribution in [0.5, 0.6) is 5.75 Å². The molecule has 142 valence electrons. The minimum Gasteiger partial charge on any atom is -0.490 e. The van der Waals surface area contributed by atoms with Gasteiger partial charge in [0, 0.05) is 38.0 Å². The first kappa shape index (κ1) is 17.5. The molecule has 3 N–H and O–H groups in total. The molecule has 0 atom stereocenters. The Morgan fingerprint density at radius 1 is 1.22 bits per heavy atom. The molecule has 3 heterocycles. The highest BCUT2D eigenvalue weighted by molar-refractivity contribution is 5.84. The highest BCUT2D eigenvalue weighted by atomic mass is 19.1. The number of hydrogen-bond acceptors (Lipinski definition) is 7. The first-order valence-corrected chi connectivity index (χ1v) is 8.92. The molecular weight excluding hydrogens is 349 g/mol. The summed E-state index contributed by atoms with van der Waals surface area (Å²) in [5.74, 6) is 1.06. The van der Waals surface area contributed by atoms with Crippen LogP contribution >= 0.6 is 0 Å². The number of H-pyrrole nitrogens is 1. The van der Waals surface area contributed by atoms with Crippen molar-refractivity contribution in [2.75, 3.05) is 37.8 Å². The lowest BCUT2D eigenvalue weighted by molar-refractivity contribution is 0.114. The van der Waals surface area contributed by atoms with Crippen LogP contribution in [-0.4, -0.2) is 58.1 Å². The number of hydrogen-bond donors (Lipinski definition) is 3. The summed E-state index contributed by atoms with van der Waals surface area (Å²) in [6.45, 7) is 1.96. The molecule has 0 amide bonds. The Morgan fingerprint density at radius 2 is 2.04 bits per heavy atom. The van der Waals surface area contributed by atoms with Gasteiger partial charge in [-0.25, -0.2) is 9.37 Å². The van der Waals surface area contributed by atoms with Crippen LogP contribution in [0.25, 0.3) is 11.2 Å². The van der Waals surface area contributed by atoms with E-state index in [0.29, 0.717) is 34.4 Å². The molecule has 0 spiro atoms. The molecule has 1 aromatic carbocycles. The number of ether oxygens (including phenoxy) is 1. The number of aromatic nitrogens is 4. The van der Waals surface area contributed by atoms with Crippen LogP contribution in [0.2, 0.25) is 0 Å². The predicted octanol–water partition coefficient (Wildman–Crippen LogP) is 2.75. The van der Waals surface area contributed by atoms with E-state index in [0.717, 1.165) is 25.9 Å². The number of piperidine rings is 1. The van der Waals surface area contributed by atoms with Crippen molar-refractivity contribution in [3.8, 4) is 5.75 Å². The van der Waals surface area contributed by atoms with E-state index in [1.54, 1.807) is 19.4 Å². The Hall–Kier alpha value is -2.94. The lowest BCUT2D eigenvalue weighted by Crippen LogP contribution is -2.35. The summed E-state index contributed by atoms with van der Waals surface area (Å²) < 4.78 is 20.1. The van der Waals surface area contributed by atoms with Crippen molar-refractivity contribution in [3.63, 3.8) is 0 Å². The summed E-state index contributed by atoms with van der Waals surface area (Å²) >= 11 is 0. The van der Waals surface area contributed by atoms with E-state index in [2.05, 4.69) is 42.5 Å². The zero-order chi connectivity index (χ0) is 18.8. The van der Waals surface area contributed by atoms with Crippen LogP contribution in [0.4, 0.5) is 21.8 Å². The lowest BCUT2D eigenvalue weighted by atomic mass is 10.1. The normalized spacial score (nSPS) is 15.8. The average Bonchev–Trinajstić information content (AvgIpc) is 3.11. The third-order valence-electron chi connectivity index (χ3n) is 4.62. The largest absolute Gasteiger partial charge is 0.490 e. The van der Waals surface area contributed by atoms with Crippen molar-refractivity contribution >= 4 is 28.6 Å². The molecule has 1 saturated heterocycles. The van der Waals surface area contributed by atoms with Gasteiger partial charge in [-0.2, -0.15) is 9.97 Å². The fraction of sp³-hybridized carbons (Fsp3) is 0.389. The number of rotatable bonds is 5. The topological polar surface area (TPSA) is 91.0 Å². The molecule has 2 aromatic heterocycles. The second-order valence-corrected chi connectivity index (χ2v) is 6.67. The second kappa shape index (κ2) is 7.36. The Morgan fingerprint density at radius 3 is 2.81 bits per heavy atom. The Kier molecular flexibility index (Phi) is 4.76. The summed E-state index contributed by atoms with van der Waals surface area (Å²) in [6, 6.07) is 4.55. The van der Waals surface area contributed by atoms with Crippen molar-refractivity contribution in [2.45, 2.75) is 18.9 Å². The van der Waals surface area contributed by atoms with Gasteiger partial charge < -0.3 is 25.3 Å². The van der Waals surface area contributed by atoms with Crippen molar-refractivity contribution in [2.24, 2.45) is 0 Å². The number of fused-ring (bicyclic) bond motifs is 1. The standard InChI is InChI=1S/C18H22FN7O/c1-20-16-15-17(22-10-21-15)25-18(24-16)23-12-7-11(19)8-14(9-12)27-13-3-5-26(2)6-4-13/h7-10,13H,3-6H2,1-2H3,(H3,20,21,22,23,24,25). The number of nitrogens with one attached hydrogen (secondary N) is 3. The number of anilines is 3. The van der Waals surface area contributed by atoms with Gasteiger partial charge in [0.15, 0.2) is 11.5 Å². The average molecular weight is 371 g/mol. The van der Waals surface area contributed by atoms with Gasteiger partial charge >= 0.3 is 0 Å². The SMILES string of the molecule is CNc1nc(Nc2cc(F)cc(OC3CCN(C)CC3)c2)nc2nc[nH]c12. The summed E-state index contributed by atoms with van der Waals surface area (Å²) in [4.78, 5) is 18.2. The minimum atomic E-state index is -0.377. The molecule has 0 unspecified atom stereocenters. The maximum absolute atomic E-state index is 14.1. The molecule has 0 saturated carbocycles. The van der Waals surface area contributed by atoms with Crippen molar-refractivity contribution < 1.29 is 9.13 Å². The van der Waals surface area contributed by atoms with E-state index in [9.17, 15) is 4.39 Å². The number of benzene rings is 1. The van der Waals surface area contributed by atoms with Crippen LogP contribution < -0.4 is 15.4 Å². The van der Waals surface area contributed by atoms with Gasteiger partial charge in [0.2, 0.25) is 5.95 Å². The first-order valence-electron chi connectivity index (χ1n) is 8.92. The van der Waals surface area contributed by atoms with E-state index >= 15 is 0 Å². The molecule has 3 aromatic rings. The van der Waals surface area contributed by atoms with Gasteiger partial charge in [-0.05, 0) is 26.0 Å². The van der Waals surface area contributed by atoms with Gasteiger partial charge in [0.25, 0.3) is 0 Å². The van der Waals surface area contributed by atoms with Crippen LogP contribution in [0.1, 0.15) is 12.8 Å². The third kappa shape index (κ3) is 3.92. The van der Waals surface area contributed by atoms with Gasteiger partial charge in [0.05, 0.1) is 6.33 Å². The van der Waals surface area contributed by atoms with E-state index in [1.807, 2.05) is 0 Å².